The van der Waals surface area contributed by atoms with Gasteiger partial charge in [-0.1, -0.05) is 91.9 Å². The maximum Gasteiger partial charge on any atom is 0.182 e. The number of fused-ring (bicyclic) bond motifs is 4. The fourth-order valence-electron chi connectivity index (χ4n) is 5.96. The number of aromatic nitrogens is 1. The average molecular weight is 485 g/mol. The summed E-state index contributed by atoms with van der Waals surface area (Å²) in [5.74, 6) is 0.886. The second kappa shape index (κ2) is 8.09. The van der Waals surface area contributed by atoms with E-state index in [4.69, 9.17) is 4.98 Å². The Labute approximate surface area is 214 Å². The molecule has 0 fully saturated rings. The number of benzene rings is 4. The van der Waals surface area contributed by atoms with Crippen molar-refractivity contribution >= 4 is 28.4 Å². The molecule has 0 saturated carbocycles. The Balaban J connectivity index is 1.67. The largest absolute Gasteiger partial charge is 0.606 e. The molecule has 0 saturated heterocycles. The Morgan fingerprint density at radius 3 is 2.14 bits per heavy atom. The molecule has 2 aliphatic rings. The van der Waals surface area contributed by atoms with E-state index in [0.29, 0.717) is 0 Å². The van der Waals surface area contributed by atoms with Crippen LogP contribution in [0.1, 0.15) is 34.7 Å². The number of hydrogen-bond donors (Lipinski definition) is 0. The maximum absolute atomic E-state index is 14.0. The summed E-state index contributed by atoms with van der Waals surface area (Å²) in [7, 11) is 0. The third-order valence-electron chi connectivity index (χ3n) is 7.51. The van der Waals surface area contributed by atoms with Gasteiger partial charge >= 0.3 is 0 Å². The van der Waals surface area contributed by atoms with Gasteiger partial charge in [0.2, 0.25) is 0 Å². The Kier molecular flexibility index (Phi) is 4.81. The highest BCUT2D eigenvalue weighted by Crippen LogP contribution is 2.61. The lowest BCUT2D eigenvalue weighted by atomic mass is 9.63. The molecule has 5 aromatic rings. The van der Waals surface area contributed by atoms with Gasteiger partial charge in [0.15, 0.2) is 9.79 Å². The normalized spacial score (nSPS) is 16.6. The molecule has 0 aliphatic carbocycles. The molecule has 0 radical (unpaired) electrons. The summed E-state index contributed by atoms with van der Waals surface area (Å²) >= 11 is -1.29. The summed E-state index contributed by atoms with van der Waals surface area (Å²) in [6.07, 6.45) is 2.78. The van der Waals surface area contributed by atoms with Crippen LogP contribution in [0.15, 0.2) is 125 Å². The second-order valence-corrected chi connectivity index (χ2v) is 10.7. The summed E-state index contributed by atoms with van der Waals surface area (Å²) in [6, 6.07) is 38.1. The first-order valence-electron chi connectivity index (χ1n) is 12.3. The van der Waals surface area contributed by atoms with Gasteiger partial charge in [0, 0.05) is 28.5 Å². The van der Waals surface area contributed by atoms with Crippen molar-refractivity contribution in [1.29, 1.82) is 0 Å². The predicted octanol–water partition coefficient (Wildman–Crippen LogP) is 7.29. The lowest BCUT2D eigenvalue weighted by Gasteiger charge is -2.47. The van der Waals surface area contributed by atoms with E-state index in [1.807, 2.05) is 24.4 Å². The maximum atomic E-state index is 14.0. The summed E-state index contributed by atoms with van der Waals surface area (Å²) in [4.78, 5) is 8.91. The molecule has 4 aromatic carbocycles. The van der Waals surface area contributed by atoms with Crippen LogP contribution in [0.2, 0.25) is 0 Å². The molecule has 1 atom stereocenters. The number of rotatable bonds is 3. The summed E-state index contributed by atoms with van der Waals surface area (Å²) in [5, 5.41) is 0. The van der Waals surface area contributed by atoms with Crippen molar-refractivity contribution < 1.29 is 4.55 Å². The van der Waals surface area contributed by atoms with Crippen molar-refractivity contribution in [3.05, 3.63) is 143 Å². The highest BCUT2D eigenvalue weighted by atomic mass is 32.2. The van der Waals surface area contributed by atoms with Crippen LogP contribution in [-0.4, -0.2) is 9.54 Å². The van der Waals surface area contributed by atoms with Crippen LogP contribution in [0.3, 0.4) is 0 Å². The molecule has 3 heterocycles. The molecule has 4 heteroatoms. The zero-order valence-electron chi connectivity index (χ0n) is 19.9. The first kappa shape index (κ1) is 21.4. The van der Waals surface area contributed by atoms with Gasteiger partial charge in [-0.25, -0.2) is 4.98 Å². The number of aryl methyl sites for hydroxylation is 1. The minimum Gasteiger partial charge on any atom is -0.606 e. The Hall–Kier alpha value is -3.86. The highest BCUT2D eigenvalue weighted by Gasteiger charge is 2.51. The van der Waals surface area contributed by atoms with Gasteiger partial charge in [-0.2, -0.15) is 0 Å². The summed E-state index contributed by atoms with van der Waals surface area (Å²) < 4.78 is 14.0. The van der Waals surface area contributed by atoms with Crippen molar-refractivity contribution in [3.63, 3.8) is 0 Å². The van der Waals surface area contributed by atoms with Gasteiger partial charge in [-0.15, -0.1) is 0 Å². The first-order valence-corrected chi connectivity index (χ1v) is 13.4. The van der Waals surface area contributed by atoms with Crippen LogP contribution in [0.5, 0.6) is 0 Å². The molecule has 36 heavy (non-hydrogen) atoms. The van der Waals surface area contributed by atoms with Gasteiger partial charge in [-0.05, 0) is 47.4 Å². The Morgan fingerprint density at radius 2 is 1.44 bits per heavy atom. The molecule has 2 aliphatic heterocycles. The smallest absolute Gasteiger partial charge is 0.182 e. The average Bonchev–Trinajstić information content (AvgIpc) is 2.95. The van der Waals surface area contributed by atoms with Crippen LogP contribution in [-0.2, 0) is 23.0 Å². The van der Waals surface area contributed by atoms with Crippen LogP contribution in [0.25, 0.3) is 0 Å². The monoisotopic (exact) mass is 484 g/mol. The molecule has 1 aromatic heterocycles. The van der Waals surface area contributed by atoms with Crippen LogP contribution in [0.4, 0.5) is 17.2 Å². The summed E-state index contributed by atoms with van der Waals surface area (Å²) in [5.41, 5.74) is 7.13. The van der Waals surface area contributed by atoms with Crippen molar-refractivity contribution in [3.8, 4) is 0 Å². The number of pyridine rings is 1. The van der Waals surface area contributed by atoms with Crippen LogP contribution >= 0.6 is 0 Å². The number of para-hydroxylation sites is 1. The molecule has 3 nitrogen and oxygen atoms in total. The fraction of sp³-hybridized carbons (Fsp3) is 0.0938. The van der Waals surface area contributed by atoms with Crippen molar-refractivity contribution in [1.82, 2.24) is 4.98 Å². The van der Waals surface area contributed by atoms with E-state index in [1.165, 1.54) is 5.56 Å². The predicted molar refractivity (Wildman–Crippen MR) is 145 cm³/mol. The summed E-state index contributed by atoms with van der Waals surface area (Å²) in [6.45, 7) is 2.15. The fourth-order valence-corrected chi connectivity index (χ4v) is 7.30. The molecule has 0 amide bonds. The van der Waals surface area contributed by atoms with Gasteiger partial charge in [0.05, 0.1) is 5.41 Å². The third kappa shape index (κ3) is 2.77. The number of hydrogen-bond acceptors (Lipinski definition) is 3. The van der Waals surface area contributed by atoms with Gasteiger partial charge < -0.3 is 4.55 Å². The SMILES string of the molecule is CCc1ccc2c(c1)N1c3ncccc3C(c3ccccc3)(c3ccccc3)c3cccc(c31)[S+]2[O-]. The minimum atomic E-state index is -1.29. The molecular formula is C32H24N2OS. The van der Waals surface area contributed by atoms with Gasteiger partial charge in [-0.3, -0.25) is 4.90 Å². The Morgan fingerprint density at radius 1 is 0.750 bits per heavy atom. The van der Waals surface area contributed by atoms with Crippen molar-refractivity contribution in [2.24, 2.45) is 0 Å². The van der Waals surface area contributed by atoms with E-state index >= 15 is 0 Å². The van der Waals surface area contributed by atoms with Crippen LogP contribution < -0.4 is 4.90 Å². The molecule has 174 valence electrons. The molecule has 0 N–H and O–H groups in total. The zero-order chi connectivity index (χ0) is 24.3. The standard InChI is InChI=1S/C32H24N2OS/c1-2-22-18-19-28-27(21-22)34-30-25(15-9-17-29(30)36(28)35)32(23-11-5-3-6-12-23,24-13-7-4-8-14-24)26-16-10-20-33-31(26)34/h3-21H,2H2,1H3. The number of nitrogens with zero attached hydrogens (tertiary/aromatic N) is 2. The topological polar surface area (TPSA) is 39.2 Å². The lowest BCUT2D eigenvalue weighted by molar-refractivity contribution is 0.592. The van der Waals surface area contributed by atoms with Gasteiger partial charge in [0.25, 0.3) is 0 Å². The second-order valence-electron chi connectivity index (χ2n) is 9.27. The third-order valence-corrected chi connectivity index (χ3v) is 8.99. The lowest BCUT2D eigenvalue weighted by Crippen LogP contribution is -2.40. The van der Waals surface area contributed by atoms with E-state index in [9.17, 15) is 4.55 Å². The Bertz CT molecular complexity index is 1560. The minimum absolute atomic E-state index is 0.599. The van der Waals surface area contributed by atoms with E-state index < -0.39 is 16.6 Å². The highest BCUT2D eigenvalue weighted by molar-refractivity contribution is 7.92. The van der Waals surface area contributed by atoms with E-state index in [-0.39, 0.29) is 0 Å². The molecule has 1 unspecified atom stereocenters. The van der Waals surface area contributed by atoms with Crippen molar-refractivity contribution in [2.45, 2.75) is 28.6 Å². The molecule has 7 rings (SSSR count). The van der Waals surface area contributed by atoms with Crippen LogP contribution in [0, 0.1) is 0 Å². The number of anilines is 3. The van der Waals surface area contributed by atoms with E-state index in [2.05, 4.69) is 103 Å². The van der Waals surface area contributed by atoms with E-state index in [1.54, 1.807) is 0 Å². The molecule has 0 spiro atoms. The first-order chi connectivity index (χ1) is 17.7. The molecular weight excluding hydrogens is 460 g/mol. The van der Waals surface area contributed by atoms with Crippen molar-refractivity contribution in [2.75, 3.05) is 4.90 Å². The van der Waals surface area contributed by atoms with Gasteiger partial charge in [0.1, 0.15) is 17.2 Å². The quantitative estimate of drug-likeness (QED) is 0.248. The zero-order valence-corrected chi connectivity index (χ0v) is 20.7. The van der Waals surface area contributed by atoms with E-state index in [0.717, 1.165) is 55.7 Å². The molecule has 0 bridgehead atoms.